The molecule has 5 rings (SSSR count). The fraction of sp³-hybridized carbons (Fsp3) is 0.550. The minimum absolute atomic E-state index is 0.177. The Morgan fingerprint density at radius 1 is 1.16 bits per heavy atom. The van der Waals surface area contributed by atoms with E-state index in [1.807, 2.05) is 18.2 Å². The smallest absolute Gasteiger partial charge is 0.224 e. The van der Waals surface area contributed by atoms with Crippen LogP contribution in [0.15, 0.2) is 24.3 Å². The zero-order chi connectivity index (χ0) is 17.2. The van der Waals surface area contributed by atoms with Gasteiger partial charge < -0.3 is 10.6 Å². The van der Waals surface area contributed by atoms with Crippen molar-refractivity contribution in [2.24, 2.45) is 17.8 Å². The van der Waals surface area contributed by atoms with Crippen molar-refractivity contribution in [1.29, 1.82) is 0 Å². The highest BCUT2D eigenvalue weighted by atomic mass is 16.2. The maximum atomic E-state index is 12.8. The number of nitrogens with one attached hydrogen (secondary N) is 2. The largest absolute Gasteiger partial charge is 0.345 e. The Bertz CT molecular complexity index is 848. The molecule has 1 amide bonds. The van der Waals surface area contributed by atoms with Crippen molar-refractivity contribution >= 4 is 16.8 Å². The maximum absolute atomic E-state index is 12.8. The molecule has 5 heteroatoms. The van der Waals surface area contributed by atoms with Crippen LogP contribution in [0.4, 0.5) is 0 Å². The van der Waals surface area contributed by atoms with Gasteiger partial charge in [0.2, 0.25) is 5.91 Å². The zero-order valence-electron chi connectivity index (χ0n) is 14.7. The summed E-state index contributed by atoms with van der Waals surface area (Å²) in [6.07, 6.45) is 2.34. The number of hydrogen-bond donors (Lipinski definition) is 2. The van der Waals surface area contributed by atoms with E-state index in [4.69, 9.17) is 9.97 Å². The SMILES string of the molecule is CC(C)(NC(=O)[C@H]1[C@@H]2CNC[C@@H]21)c1nc(C2CC2)nc2ccccc12. The van der Waals surface area contributed by atoms with Crippen molar-refractivity contribution in [3.8, 4) is 0 Å². The monoisotopic (exact) mass is 336 g/mol. The molecule has 25 heavy (non-hydrogen) atoms. The number of nitrogens with zero attached hydrogens (tertiary/aromatic N) is 2. The summed E-state index contributed by atoms with van der Waals surface area (Å²) in [5.74, 6) is 2.83. The van der Waals surface area contributed by atoms with E-state index in [1.54, 1.807) is 0 Å². The second kappa shape index (κ2) is 5.24. The molecule has 3 fully saturated rings. The summed E-state index contributed by atoms with van der Waals surface area (Å²) >= 11 is 0. The summed E-state index contributed by atoms with van der Waals surface area (Å²) in [6.45, 7) is 6.08. The van der Waals surface area contributed by atoms with Crippen LogP contribution < -0.4 is 10.6 Å². The number of para-hydroxylation sites is 1. The van der Waals surface area contributed by atoms with E-state index in [2.05, 4.69) is 30.5 Å². The van der Waals surface area contributed by atoms with Crippen LogP contribution in [0, 0.1) is 17.8 Å². The molecule has 0 spiro atoms. The zero-order valence-corrected chi connectivity index (χ0v) is 14.7. The van der Waals surface area contributed by atoms with Gasteiger partial charge in [0, 0.05) is 17.2 Å². The van der Waals surface area contributed by atoms with Crippen LogP contribution in [0.2, 0.25) is 0 Å². The third-order valence-corrected chi connectivity index (χ3v) is 5.99. The molecule has 1 aromatic carbocycles. The highest BCUT2D eigenvalue weighted by Crippen LogP contribution is 2.49. The number of benzene rings is 1. The molecule has 1 aromatic heterocycles. The van der Waals surface area contributed by atoms with E-state index in [1.165, 1.54) is 12.8 Å². The Hall–Kier alpha value is -2.01. The third-order valence-electron chi connectivity index (χ3n) is 5.99. The fourth-order valence-corrected chi connectivity index (χ4v) is 4.35. The molecule has 0 radical (unpaired) electrons. The van der Waals surface area contributed by atoms with E-state index in [-0.39, 0.29) is 11.8 Å². The van der Waals surface area contributed by atoms with Crippen LogP contribution >= 0.6 is 0 Å². The molecule has 2 N–H and O–H groups in total. The molecule has 5 nitrogen and oxygen atoms in total. The fourth-order valence-electron chi connectivity index (χ4n) is 4.35. The molecule has 0 unspecified atom stereocenters. The first-order chi connectivity index (χ1) is 12.0. The second-order valence-electron chi connectivity index (χ2n) is 8.35. The lowest BCUT2D eigenvalue weighted by Gasteiger charge is -2.28. The van der Waals surface area contributed by atoms with Crippen molar-refractivity contribution in [3.05, 3.63) is 35.8 Å². The van der Waals surface area contributed by atoms with Crippen molar-refractivity contribution in [2.45, 2.75) is 38.1 Å². The third kappa shape index (κ3) is 2.53. The van der Waals surface area contributed by atoms with Crippen LogP contribution in [0.1, 0.15) is 44.1 Å². The van der Waals surface area contributed by atoms with Gasteiger partial charge in [0.15, 0.2) is 0 Å². The maximum Gasteiger partial charge on any atom is 0.224 e. The van der Waals surface area contributed by atoms with Crippen LogP contribution in [0.5, 0.6) is 0 Å². The van der Waals surface area contributed by atoms with E-state index < -0.39 is 5.54 Å². The van der Waals surface area contributed by atoms with Gasteiger partial charge in [-0.25, -0.2) is 9.97 Å². The number of amides is 1. The number of fused-ring (bicyclic) bond motifs is 2. The second-order valence-corrected chi connectivity index (χ2v) is 8.35. The van der Waals surface area contributed by atoms with Gasteiger partial charge in [-0.1, -0.05) is 18.2 Å². The Labute approximate surface area is 147 Å². The van der Waals surface area contributed by atoms with Gasteiger partial charge in [0.05, 0.1) is 16.7 Å². The van der Waals surface area contributed by atoms with E-state index >= 15 is 0 Å². The molecule has 2 saturated carbocycles. The first-order valence-electron chi connectivity index (χ1n) is 9.34. The van der Waals surface area contributed by atoms with Crippen molar-refractivity contribution < 1.29 is 4.79 Å². The molecule has 3 aliphatic rings. The van der Waals surface area contributed by atoms with Crippen molar-refractivity contribution in [2.75, 3.05) is 13.1 Å². The molecular formula is C20H24N4O. The lowest BCUT2D eigenvalue weighted by molar-refractivity contribution is -0.124. The topological polar surface area (TPSA) is 66.9 Å². The van der Waals surface area contributed by atoms with Crippen LogP contribution in [0.25, 0.3) is 10.9 Å². The van der Waals surface area contributed by atoms with Gasteiger partial charge in [-0.3, -0.25) is 4.79 Å². The standard InChI is InChI=1S/C20H24N4O/c1-20(2,24-19(25)16-13-9-21-10-14(13)16)17-12-5-3-4-6-15(12)22-18(23-17)11-7-8-11/h3-6,11,13-14,16,21H,7-10H2,1-2H3,(H,24,25)/t13-,14+,16+. The summed E-state index contributed by atoms with van der Waals surface area (Å²) in [7, 11) is 0. The number of carbonyl (C=O) groups is 1. The Morgan fingerprint density at radius 3 is 2.60 bits per heavy atom. The first-order valence-corrected chi connectivity index (χ1v) is 9.34. The molecule has 0 bridgehead atoms. The normalized spacial score (nSPS) is 28.0. The number of hydrogen-bond acceptors (Lipinski definition) is 4. The van der Waals surface area contributed by atoms with E-state index in [9.17, 15) is 4.79 Å². The van der Waals surface area contributed by atoms with E-state index in [0.717, 1.165) is 35.5 Å². The molecule has 2 aromatic rings. The number of rotatable bonds is 4. The van der Waals surface area contributed by atoms with Crippen LogP contribution in [-0.4, -0.2) is 29.0 Å². The summed E-state index contributed by atoms with van der Waals surface area (Å²) in [5.41, 5.74) is 1.41. The molecule has 1 aliphatic heterocycles. The summed E-state index contributed by atoms with van der Waals surface area (Å²) in [4.78, 5) is 22.4. The quantitative estimate of drug-likeness (QED) is 0.899. The molecule has 3 atom stereocenters. The average Bonchev–Trinajstić information content (AvgIpc) is 3.51. The number of carbonyl (C=O) groups excluding carboxylic acids is 1. The van der Waals surface area contributed by atoms with Gasteiger partial charge in [-0.15, -0.1) is 0 Å². The Morgan fingerprint density at radius 2 is 1.88 bits per heavy atom. The van der Waals surface area contributed by atoms with Gasteiger partial charge in [-0.2, -0.15) is 0 Å². The van der Waals surface area contributed by atoms with Crippen LogP contribution in [-0.2, 0) is 10.3 Å². The molecule has 2 aliphatic carbocycles. The predicted molar refractivity (Wildman–Crippen MR) is 96.0 cm³/mol. The molecule has 2 heterocycles. The molecule has 1 saturated heterocycles. The lowest BCUT2D eigenvalue weighted by atomic mass is 9.95. The van der Waals surface area contributed by atoms with Crippen LogP contribution in [0.3, 0.4) is 0 Å². The molecule has 130 valence electrons. The van der Waals surface area contributed by atoms with Gasteiger partial charge in [0.25, 0.3) is 0 Å². The summed E-state index contributed by atoms with van der Waals surface area (Å²) < 4.78 is 0. The van der Waals surface area contributed by atoms with E-state index in [0.29, 0.717) is 17.8 Å². The highest BCUT2D eigenvalue weighted by Gasteiger charge is 2.57. The Balaban J connectivity index is 1.49. The first kappa shape index (κ1) is 15.3. The van der Waals surface area contributed by atoms with Crippen molar-refractivity contribution in [3.63, 3.8) is 0 Å². The predicted octanol–water partition coefficient (Wildman–Crippen LogP) is 2.32. The number of piperidine rings is 1. The van der Waals surface area contributed by atoms with Gasteiger partial charge >= 0.3 is 0 Å². The Kier molecular flexibility index (Phi) is 3.20. The lowest BCUT2D eigenvalue weighted by Crippen LogP contribution is -2.44. The van der Waals surface area contributed by atoms with Gasteiger partial charge in [-0.05, 0) is 57.7 Å². The minimum Gasteiger partial charge on any atom is -0.345 e. The van der Waals surface area contributed by atoms with Gasteiger partial charge in [0.1, 0.15) is 5.82 Å². The number of aromatic nitrogens is 2. The molecular weight excluding hydrogens is 312 g/mol. The highest BCUT2D eigenvalue weighted by molar-refractivity contribution is 5.86. The summed E-state index contributed by atoms with van der Waals surface area (Å²) in [5, 5.41) is 7.67. The van der Waals surface area contributed by atoms with Crippen molar-refractivity contribution in [1.82, 2.24) is 20.6 Å². The summed E-state index contributed by atoms with van der Waals surface area (Å²) in [6, 6.07) is 8.13. The average molecular weight is 336 g/mol. The minimum atomic E-state index is -0.506.